The molecule has 11 heavy (non-hydrogen) atoms. The smallest absolute Gasteiger partial charge is 0.234 e. The number of hydrogen-bond donors (Lipinski definition) is 1. The number of carbonyl (C=O) groups excluding carboxylic acids is 1. The first kappa shape index (κ1) is 10.4. The fourth-order valence-electron chi connectivity index (χ4n) is 1.27. The predicted molar refractivity (Wildman–Crippen MR) is 48.3 cm³/mol. The minimum atomic E-state index is -0.185. The molecule has 1 amide bonds. The average molecular weight is 160 g/mol. The van der Waals surface area contributed by atoms with Crippen LogP contribution in [0.2, 0.25) is 0 Å². The summed E-state index contributed by atoms with van der Waals surface area (Å²) in [7, 11) is 1.93. The Hall–Kier alpha value is -0.570. The van der Waals surface area contributed by atoms with Crippen LogP contribution in [-0.4, -0.2) is 30.4 Å². The zero-order valence-corrected chi connectivity index (χ0v) is 7.63. The Kier molecular flexibility index (Phi) is 4.86. The van der Waals surface area contributed by atoms with Gasteiger partial charge in [0.15, 0.2) is 0 Å². The number of carbonyl (C=O) groups is 1. The summed E-state index contributed by atoms with van der Waals surface area (Å²) >= 11 is 0. The minimum absolute atomic E-state index is 0. The van der Waals surface area contributed by atoms with Crippen LogP contribution in [0.1, 0.15) is 28.1 Å². The molecule has 0 bridgehead atoms. The lowest BCUT2D eigenvalue weighted by atomic mass is 10.2. The van der Waals surface area contributed by atoms with E-state index in [1.165, 1.54) is 0 Å². The molecule has 0 radical (unpaired) electrons. The van der Waals surface area contributed by atoms with Crippen LogP contribution in [0.5, 0.6) is 0 Å². The summed E-state index contributed by atoms with van der Waals surface area (Å²) in [6.45, 7) is 5.01. The number of hydrogen-bond acceptors (Lipinski definition) is 2. The topological polar surface area (TPSA) is 46.3 Å². The lowest BCUT2D eigenvalue weighted by molar-refractivity contribution is -0.121. The molecular formula is C8H20N2O. The molecule has 2 N–H and O–H groups in total. The van der Waals surface area contributed by atoms with Gasteiger partial charge in [0, 0.05) is 1.43 Å². The van der Waals surface area contributed by atoms with Gasteiger partial charge in [0.2, 0.25) is 5.91 Å². The normalized spacial score (nSPS) is 24.1. The Morgan fingerprint density at radius 2 is 2.18 bits per heavy atom. The highest BCUT2D eigenvalue weighted by Gasteiger charge is 2.24. The molecule has 1 heterocycles. The van der Waals surface area contributed by atoms with Crippen molar-refractivity contribution in [1.82, 2.24) is 4.90 Å². The number of nitrogens with two attached hydrogens (primary N) is 1. The summed E-state index contributed by atoms with van der Waals surface area (Å²) in [5.74, 6) is -0.185. The first-order valence-electron chi connectivity index (χ1n) is 4.21. The summed E-state index contributed by atoms with van der Waals surface area (Å²) in [5, 5.41) is 0. The van der Waals surface area contributed by atoms with Crippen LogP contribution in [0.25, 0.3) is 0 Å². The number of amides is 1. The van der Waals surface area contributed by atoms with Crippen LogP contribution in [0.15, 0.2) is 0 Å². The molecule has 1 aliphatic rings. The van der Waals surface area contributed by atoms with Gasteiger partial charge in [-0.15, -0.1) is 0 Å². The van der Waals surface area contributed by atoms with Crippen molar-refractivity contribution in [3.05, 3.63) is 0 Å². The van der Waals surface area contributed by atoms with E-state index in [0.717, 1.165) is 19.4 Å². The Labute approximate surface area is 70.0 Å². The van der Waals surface area contributed by atoms with E-state index in [0.29, 0.717) is 0 Å². The third kappa shape index (κ3) is 2.89. The van der Waals surface area contributed by atoms with E-state index in [-0.39, 0.29) is 13.4 Å². The van der Waals surface area contributed by atoms with E-state index >= 15 is 0 Å². The van der Waals surface area contributed by atoms with Gasteiger partial charge in [-0.25, -0.2) is 0 Å². The van der Waals surface area contributed by atoms with Crippen LogP contribution in [0.3, 0.4) is 0 Å². The SMILES string of the molecule is CC.CN1CCCC1C(N)=O.[HH]. The zero-order valence-electron chi connectivity index (χ0n) is 7.63. The number of likely N-dealkylation sites (N-methyl/N-ethyl adjacent to an activating group) is 1. The maximum absolute atomic E-state index is 10.6. The number of nitrogens with zero attached hydrogens (tertiary/aromatic N) is 1. The second kappa shape index (κ2) is 5.13. The molecule has 0 saturated carbocycles. The summed E-state index contributed by atoms with van der Waals surface area (Å²) in [6, 6.07) is 0.00463. The van der Waals surface area contributed by atoms with Crippen molar-refractivity contribution in [1.29, 1.82) is 0 Å². The molecule has 1 fully saturated rings. The quantitative estimate of drug-likeness (QED) is 0.618. The van der Waals surface area contributed by atoms with Gasteiger partial charge in [0.25, 0.3) is 0 Å². The average Bonchev–Trinajstić information content (AvgIpc) is 2.39. The van der Waals surface area contributed by atoms with E-state index in [1.807, 2.05) is 25.8 Å². The summed E-state index contributed by atoms with van der Waals surface area (Å²) < 4.78 is 0. The molecule has 0 spiro atoms. The van der Waals surface area contributed by atoms with Crippen molar-refractivity contribution in [2.75, 3.05) is 13.6 Å². The Morgan fingerprint density at radius 1 is 1.64 bits per heavy atom. The van der Waals surface area contributed by atoms with E-state index in [1.54, 1.807) is 0 Å². The number of rotatable bonds is 1. The third-order valence-electron chi connectivity index (χ3n) is 1.85. The molecule has 0 aliphatic carbocycles. The first-order chi connectivity index (χ1) is 5.22. The van der Waals surface area contributed by atoms with Gasteiger partial charge in [-0.05, 0) is 26.4 Å². The van der Waals surface area contributed by atoms with Gasteiger partial charge < -0.3 is 5.73 Å². The van der Waals surface area contributed by atoms with Crippen LogP contribution in [0, 0.1) is 0 Å². The van der Waals surface area contributed by atoms with E-state index in [4.69, 9.17) is 5.73 Å². The van der Waals surface area contributed by atoms with Crippen molar-refractivity contribution < 1.29 is 6.22 Å². The number of primary amides is 1. The largest absolute Gasteiger partial charge is 0.368 e. The Morgan fingerprint density at radius 3 is 2.36 bits per heavy atom. The molecule has 0 aromatic rings. The highest BCUT2D eigenvalue weighted by atomic mass is 16.1. The van der Waals surface area contributed by atoms with Gasteiger partial charge >= 0.3 is 0 Å². The Balaban J connectivity index is 0. The fraction of sp³-hybridized carbons (Fsp3) is 0.875. The van der Waals surface area contributed by atoms with Crippen molar-refractivity contribution in [2.24, 2.45) is 5.73 Å². The van der Waals surface area contributed by atoms with Crippen molar-refractivity contribution in [2.45, 2.75) is 32.7 Å². The molecular weight excluding hydrogens is 140 g/mol. The summed E-state index contributed by atoms with van der Waals surface area (Å²) in [4.78, 5) is 12.6. The molecule has 3 nitrogen and oxygen atoms in total. The van der Waals surface area contributed by atoms with Crippen LogP contribution in [0.4, 0.5) is 0 Å². The van der Waals surface area contributed by atoms with Gasteiger partial charge in [0.1, 0.15) is 0 Å². The Bertz CT molecular complexity index is 130. The van der Waals surface area contributed by atoms with Crippen molar-refractivity contribution in [3.8, 4) is 0 Å². The minimum Gasteiger partial charge on any atom is -0.368 e. The lowest BCUT2D eigenvalue weighted by Crippen LogP contribution is -2.37. The maximum Gasteiger partial charge on any atom is 0.234 e. The van der Waals surface area contributed by atoms with Gasteiger partial charge in [-0.3, -0.25) is 9.69 Å². The molecule has 68 valence electrons. The molecule has 0 aromatic carbocycles. The predicted octanol–water partition coefficient (Wildman–Crippen LogP) is 0.838. The zero-order chi connectivity index (χ0) is 8.85. The lowest BCUT2D eigenvalue weighted by Gasteiger charge is -2.14. The second-order valence-corrected chi connectivity index (χ2v) is 2.54. The summed E-state index contributed by atoms with van der Waals surface area (Å²) in [6.07, 6.45) is 2.04. The van der Waals surface area contributed by atoms with Crippen LogP contribution >= 0.6 is 0 Å². The highest BCUT2D eigenvalue weighted by Crippen LogP contribution is 2.13. The highest BCUT2D eigenvalue weighted by molar-refractivity contribution is 5.80. The molecule has 1 atom stereocenters. The third-order valence-corrected chi connectivity index (χ3v) is 1.85. The van der Waals surface area contributed by atoms with E-state index < -0.39 is 0 Å². The fourth-order valence-corrected chi connectivity index (χ4v) is 1.27. The summed E-state index contributed by atoms with van der Waals surface area (Å²) in [5.41, 5.74) is 5.11. The molecule has 1 rings (SSSR count). The van der Waals surface area contributed by atoms with Crippen LogP contribution in [-0.2, 0) is 4.79 Å². The van der Waals surface area contributed by atoms with Crippen molar-refractivity contribution >= 4 is 5.91 Å². The van der Waals surface area contributed by atoms with Gasteiger partial charge in [-0.2, -0.15) is 0 Å². The van der Waals surface area contributed by atoms with Crippen LogP contribution < -0.4 is 5.73 Å². The monoisotopic (exact) mass is 160 g/mol. The molecule has 1 saturated heterocycles. The van der Waals surface area contributed by atoms with E-state index in [9.17, 15) is 4.79 Å². The molecule has 1 unspecified atom stereocenters. The second-order valence-electron chi connectivity index (χ2n) is 2.54. The molecule has 1 aliphatic heterocycles. The first-order valence-corrected chi connectivity index (χ1v) is 4.21. The molecule has 3 heteroatoms. The van der Waals surface area contributed by atoms with Gasteiger partial charge in [-0.1, -0.05) is 13.8 Å². The standard InChI is InChI=1S/C6H12N2O.C2H6.H2/c1-8-4-2-3-5(8)6(7)9;1-2;/h5H,2-4H2,1H3,(H2,7,9);1-2H3;1H. The van der Waals surface area contributed by atoms with Gasteiger partial charge in [0.05, 0.1) is 6.04 Å². The maximum atomic E-state index is 10.6. The van der Waals surface area contributed by atoms with E-state index in [2.05, 4.69) is 0 Å². The van der Waals surface area contributed by atoms with Crippen molar-refractivity contribution in [3.63, 3.8) is 0 Å². The molecule has 0 aromatic heterocycles. The number of likely N-dealkylation sites (tertiary alicyclic amines) is 1.